The number of nitrogens with one attached hydrogen (secondary N) is 1. The van der Waals surface area contributed by atoms with Crippen molar-refractivity contribution in [2.24, 2.45) is 0 Å². The van der Waals surface area contributed by atoms with Crippen molar-refractivity contribution in [3.63, 3.8) is 0 Å². The zero-order valence-corrected chi connectivity index (χ0v) is 14.7. The number of para-hydroxylation sites is 2. The molecule has 0 saturated heterocycles. The molecule has 0 fully saturated rings. The topological polar surface area (TPSA) is 96.2 Å². The largest absolute Gasteiger partial charge is 0.492 e. The van der Waals surface area contributed by atoms with Crippen molar-refractivity contribution in [3.8, 4) is 11.8 Å². The van der Waals surface area contributed by atoms with Crippen LogP contribution in [0.3, 0.4) is 0 Å². The molecule has 2 N–H and O–H groups in total. The molecule has 0 unspecified atom stereocenters. The Bertz CT molecular complexity index is 1030. The third kappa shape index (κ3) is 3.51. The summed E-state index contributed by atoms with van der Waals surface area (Å²) in [5.74, 6) is -0.154. The predicted molar refractivity (Wildman–Crippen MR) is 105 cm³/mol. The Hall–Kier alpha value is -4.20. The van der Waals surface area contributed by atoms with E-state index in [1.54, 1.807) is 18.5 Å². The summed E-state index contributed by atoms with van der Waals surface area (Å²) in [6.07, 6.45) is 4.57. The van der Waals surface area contributed by atoms with Gasteiger partial charge in [0.1, 0.15) is 5.69 Å². The molecule has 0 spiro atoms. The number of nitrogens with zero attached hydrogens (tertiary/aromatic N) is 5. The number of hydrogen-bond acceptors (Lipinski definition) is 5. The van der Waals surface area contributed by atoms with Crippen molar-refractivity contribution in [2.75, 3.05) is 10.2 Å². The minimum atomic E-state index is -0.455. The molecule has 2 amide bonds. The van der Waals surface area contributed by atoms with E-state index in [2.05, 4.69) is 20.4 Å². The van der Waals surface area contributed by atoms with Crippen molar-refractivity contribution in [1.29, 1.82) is 0 Å². The first-order chi connectivity index (χ1) is 13.7. The summed E-state index contributed by atoms with van der Waals surface area (Å²) in [6, 6.07) is 19.7. The Morgan fingerprint density at radius 1 is 0.964 bits per heavy atom. The molecule has 28 heavy (non-hydrogen) atoms. The molecule has 4 rings (SSSR count). The van der Waals surface area contributed by atoms with E-state index in [-0.39, 0.29) is 17.5 Å². The number of urea groups is 1. The third-order valence-corrected chi connectivity index (χ3v) is 3.94. The van der Waals surface area contributed by atoms with E-state index in [9.17, 15) is 9.90 Å². The van der Waals surface area contributed by atoms with Crippen LogP contribution in [0.15, 0.2) is 85.3 Å². The fraction of sp³-hybridized carbons (Fsp3) is 0. The van der Waals surface area contributed by atoms with E-state index in [1.165, 1.54) is 15.8 Å². The summed E-state index contributed by atoms with van der Waals surface area (Å²) in [4.78, 5) is 22.6. The highest BCUT2D eigenvalue weighted by Crippen LogP contribution is 2.27. The molecule has 8 heteroatoms. The number of carbonyl (C=O) groups excluding carboxylic acids is 1. The van der Waals surface area contributed by atoms with Crippen LogP contribution in [0.1, 0.15) is 0 Å². The van der Waals surface area contributed by atoms with E-state index < -0.39 is 6.03 Å². The molecule has 2 aromatic carbocycles. The van der Waals surface area contributed by atoms with Gasteiger partial charge in [-0.15, -0.1) is 0 Å². The molecular weight excluding hydrogens is 356 g/mol. The van der Waals surface area contributed by atoms with Gasteiger partial charge in [-0.3, -0.25) is 4.90 Å². The second-order valence-corrected chi connectivity index (χ2v) is 5.79. The Morgan fingerprint density at radius 2 is 1.61 bits per heavy atom. The number of carbonyl (C=O) groups is 1. The SMILES string of the molecule is O=C(Nc1cnc(-n2cccn2)nc1O)N(c1ccccc1)c1ccccc1. The summed E-state index contributed by atoms with van der Waals surface area (Å²) < 4.78 is 1.41. The first-order valence-corrected chi connectivity index (χ1v) is 8.49. The van der Waals surface area contributed by atoms with E-state index in [1.807, 2.05) is 60.7 Å². The van der Waals surface area contributed by atoms with Gasteiger partial charge in [0.05, 0.1) is 17.6 Å². The number of anilines is 3. The lowest BCUT2D eigenvalue weighted by molar-refractivity contribution is 0.259. The number of aromatic nitrogens is 4. The molecule has 0 aliphatic carbocycles. The Balaban J connectivity index is 1.63. The maximum atomic E-state index is 13.0. The van der Waals surface area contributed by atoms with Gasteiger partial charge in [-0.25, -0.2) is 14.5 Å². The average Bonchev–Trinajstić information content (AvgIpc) is 3.26. The fourth-order valence-corrected chi connectivity index (χ4v) is 2.66. The lowest BCUT2D eigenvalue weighted by atomic mass is 10.2. The van der Waals surface area contributed by atoms with Crippen LogP contribution in [0.5, 0.6) is 5.88 Å². The molecule has 0 aliphatic heterocycles. The summed E-state index contributed by atoms with van der Waals surface area (Å²) in [5, 5.41) is 16.9. The highest BCUT2D eigenvalue weighted by atomic mass is 16.3. The summed E-state index contributed by atoms with van der Waals surface area (Å²) in [7, 11) is 0. The van der Waals surface area contributed by atoms with Crippen LogP contribution in [-0.4, -0.2) is 30.9 Å². The monoisotopic (exact) mass is 372 g/mol. The number of aromatic hydroxyl groups is 1. The molecule has 2 heterocycles. The van der Waals surface area contributed by atoms with Crippen molar-refractivity contribution in [3.05, 3.63) is 85.3 Å². The van der Waals surface area contributed by atoms with E-state index in [0.29, 0.717) is 11.4 Å². The van der Waals surface area contributed by atoms with E-state index in [0.717, 1.165) is 0 Å². The van der Waals surface area contributed by atoms with Gasteiger partial charge < -0.3 is 10.4 Å². The Labute approximate surface area is 160 Å². The van der Waals surface area contributed by atoms with Crippen LogP contribution in [0, 0.1) is 0 Å². The highest BCUT2D eigenvalue weighted by Gasteiger charge is 2.20. The fourth-order valence-electron chi connectivity index (χ4n) is 2.66. The lowest BCUT2D eigenvalue weighted by Gasteiger charge is -2.23. The van der Waals surface area contributed by atoms with Crippen LogP contribution < -0.4 is 10.2 Å². The number of hydrogen-bond donors (Lipinski definition) is 2. The molecule has 4 aromatic rings. The molecule has 0 radical (unpaired) electrons. The maximum Gasteiger partial charge on any atom is 0.331 e. The molecule has 0 bridgehead atoms. The Kier molecular flexibility index (Phi) is 4.67. The summed E-state index contributed by atoms with van der Waals surface area (Å²) in [5.41, 5.74) is 1.46. The molecule has 138 valence electrons. The predicted octanol–water partition coefficient (Wildman–Crippen LogP) is 3.74. The highest BCUT2D eigenvalue weighted by molar-refractivity contribution is 6.07. The van der Waals surface area contributed by atoms with Crippen LogP contribution in [-0.2, 0) is 0 Å². The zero-order chi connectivity index (χ0) is 19.3. The van der Waals surface area contributed by atoms with Gasteiger partial charge in [0.25, 0.3) is 5.95 Å². The first kappa shape index (κ1) is 17.2. The molecular formula is C20H16N6O2. The van der Waals surface area contributed by atoms with Crippen LogP contribution in [0.2, 0.25) is 0 Å². The number of benzene rings is 2. The van der Waals surface area contributed by atoms with Gasteiger partial charge in [0, 0.05) is 12.4 Å². The van der Waals surface area contributed by atoms with Gasteiger partial charge in [0.15, 0.2) is 0 Å². The summed E-state index contributed by atoms with van der Waals surface area (Å²) >= 11 is 0. The van der Waals surface area contributed by atoms with Crippen LogP contribution >= 0.6 is 0 Å². The Morgan fingerprint density at radius 3 is 2.14 bits per heavy atom. The standard InChI is InChI=1S/C20H16N6O2/c27-18-17(14-21-19(24-18)25-13-7-12-22-25)23-20(28)26(15-8-3-1-4-9-15)16-10-5-2-6-11-16/h1-14H,(H,23,28)(H,21,24,27). The van der Waals surface area contributed by atoms with Crippen LogP contribution in [0.25, 0.3) is 5.95 Å². The molecule has 2 aromatic heterocycles. The lowest BCUT2D eigenvalue weighted by Crippen LogP contribution is -2.31. The summed E-state index contributed by atoms with van der Waals surface area (Å²) in [6.45, 7) is 0. The van der Waals surface area contributed by atoms with E-state index in [4.69, 9.17) is 0 Å². The number of amides is 2. The van der Waals surface area contributed by atoms with E-state index >= 15 is 0 Å². The molecule has 0 atom stereocenters. The van der Waals surface area contributed by atoms with Gasteiger partial charge in [0.2, 0.25) is 5.88 Å². The van der Waals surface area contributed by atoms with Gasteiger partial charge in [-0.05, 0) is 30.3 Å². The molecule has 0 saturated carbocycles. The minimum absolute atomic E-state index is 0.0952. The zero-order valence-electron chi connectivity index (χ0n) is 14.7. The van der Waals surface area contributed by atoms with Crippen molar-refractivity contribution >= 4 is 23.1 Å². The molecule has 8 nitrogen and oxygen atoms in total. The number of rotatable bonds is 4. The third-order valence-electron chi connectivity index (χ3n) is 3.94. The normalized spacial score (nSPS) is 10.4. The smallest absolute Gasteiger partial charge is 0.331 e. The van der Waals surface area contributed by atoms with Gasteiger partial charge >= 0.3 is 6.03 Å². The average molecular weight is 372 g/mol. The quantitative estimate of drug-likeness (QED) is 0.569. The van der Waals surface area contributed by atoms with Gasteiger partial charge in [-0.1, -0.05) is 36.4 Å². The van der Waals surface area contributed by atoms with Crippen LogP contribution in [0.4, 0.5) is 21.9 Å². The first-order valence-electron chi connectivity index (χ1n) is 8.49. The second-order valence-electron chi connectivity index (χ2n) is 5.79. The van der Waals surface area contributed by atoms with Gasteiger partial charge in [-0.2, -0.15) is 10.1 Å². The maximum absolute atomic E-state index is 13.0. The van der Waals surface area contributed by atoms with Crippen molar-refractivity contribution in [2.45, 2.75) is 0 Å². The van der Waals surface area contributed by atoms with Crippen molar-refractivity contribution in [1.82, 2.24) is 19.7 Å². The second kappa shape index (κ2) is 7.58. The van der Waals surface area contributed by atoms with Crippen molar-refractivity contribution < 1.29 is 9.90 Å². The molecule has 0 aliphatic rings. The minimum Gasteiger partial charge on any atom is -0.492 e.